The molecule has 0 aliphatic heterocycles. The Morgan fingerprint density at radius 3 is 2.81 bits per heavy atom. The van der Waals surface area contributed by atoms with Gasteiger partial charge in [0, 0.05) is 6.04 Å². The second kappa shape index (κ2) is 10.4. The maximum absolute atomic E-state index is 13.5. The highest BCUT2D eigenvalue weighted by Gasteiger charge is 2.13. The van der Waals surface area contributed by atoms with Gasteiger partial charge in [0.15, 0.2) is 11.6 Å². The molecule has 0 saturated carbocycles. The van der Waals surface area contributed by atoms with Crippen molar-refractivity contribution in [3.8, 4) is 5.75 Å². The summed E-state index contributed by atoms with van der Waals surface area (Å²) >= 11 is 0. The number of nitrogens with one attached hydrogen (secondary N) is 1. The van der Waals surface area contributed by atoms with E-state index in [0.29, 0.717) is 5.75 Å². The highest BCUT2D eigenvalue weighted by molar-refractivity contribution is 5.32. The molecule has 1 atom stereocenters. The van der Waals surface area contributed by atoms with Crippen LogP contribution >= 0.6 is 0 Å². The topological polar surface area (TPSA) is 21.3 Å². The molecule has 0 aliphatic rings. The van der Waals surface area contributed by atoms with Gasteiger partial charge in [-0.3, -0.25) is 0 Å². The van der Waals surface area contributed by atoms with Gasteiger partial charge in [-0.15, -0.1) is 6.58 Å². The summed E-state index contributed by atoms with van der Waals surface area (Å²) in [6.45, 7) is 6.87. The van der Waals surface area contributed by atoms with Crippen LogP contribution in [0.5, 0.6) is 5.75 Å². The third kappa shape index (κ3) is 6.30. The van der Waals surface area contributed by atoms with Gasteiger partial charge in [-0.2, -0.15) is 0 Å². The van der Waals surface area contributed by atoms with Gasteiger partial charge in [0.1, 0.15) is 0 Å². The third-order valence-corrected chi connectivity index (χ3v) is 3.62. The van der Waals surface area contributed by atoms with Crippen LogP contribution in [0.25, 0.3) is 0 Å². The zero-order valence-electron chi connectivity index (χ0n) is 13.3. The first-order valence-corrected chi connectivity index (χ1v) is 7.90. The molecule has 0 saturated heterocycles. The number of hydrogen-bond acceptors (Lipinski definition) is 2. The zero-order chi connectivity index (χ0) is 15.5. The second-order valence-electron chi connectivity index (χ2n) is 5.33. The van der Waals surface area contributed by atoms with Crippen molar-refractivity contribution in [1.29, 1.82) is 0 Å². The molecule has 0 aromatic heterocycles. The third-order valence-electron chi connectivity index (χ3n) is 3.62. The summed E-state index contributed by atoms with van der Waals surface area (Å²) in [7, 11) is 1.51. The molecule has 1 N–H and O–H groups in total. The smallest absolute Gasteiger partial charge is 0.165 e. The molecule has 0 fully saturated rings. The van der Waals surface area contributed by atoms with Crippen LogP contribution in [0, 0.1) is 5.82 Å². The highest BCUT2D eigenvalue weighted by atomic mass is 19.1. The zero-order valence-corrected chi connectivity index (χ0v) is 13.3. The highest BCUT2D eigenvalue weighted by Crippen LogP contribution is 2.26. The van der Waals surface area contributed by atoms with Crippen molar-refractivity contribution < 1.29 is 9.13 Å². The lowest BCUT2D eigenvalue weighted by molar-refractivity contribution is 0.383. The molecule has 1 aromatic rings. The molecule has 21 heavy (non-hydrogen) atoms. The fourth-order valence-electron chi connectivity index (χ4n) is 2.41. The number of allylic oxidation sites excluding steroid dienone is 1. The maximum Gasteiger partial charge on any atom is 0.165 e. The lowest BCUT2D eigenvalue weighted by atomic mass is 9.99. The van der Waals surface area contributed by atoms with Crippen LogP contribution < -0.4 is 10.1 Å². The molecular weight excluding hydrogens is 265 g/mol. The fourth-order valence-corrected chi connectivity index (χ4v) is 2.41. The Balaban J connectivity index is 2.65. The van der Waals surface area contributed by atoms with Crippen molar-refractivity contribution in [3.05, 3.63) is 42.2 Å². The molecule has 118 valence electrons. The van der Waals surface area contributed by atoms with Crippen molar-refractivity contribution in [2.45, 2.75) is 51.5 Å². The minimum absolute atomic E-state index is 0.267. The average molecular weight is 293 g/mol. The van der Waals surface area contributed by atoms with Crippen molar-refractivity contribution in [1.82, 2.24) is 5.32 Å². The lowest BCUT2D eigenvalue weighted by Crippen LogP contribution is -2.22. The van der Waals surface area contributed by atoms with E-state index in [1.54, 1.807) is 0 Å². The largest absolute Gasteiger partial charge is 0.494 e. The molecule has 1 aromatic carbocycles. The number of ether oxygens (including phenoxy) is 1. The summed E-state index contributed by atoms with van der Waals surface area (Å²) in [6.07, 6.45) is 8.76. The Hall–Kier alpha value is -1.35. The predicted octanol–water partition coefficient (Wildman–Crippen LogP) is 5.01. The lowest BCUT2D eigenvalue weighted by Gasteiger charge is -2.20. The van der Waals surface area contributed by atoms with Crippen LogP contribution in [0.4, 0.5) is 4.39 Å². The fraction of sp³-hybridized carbons (Fsp3) is 0.556. The van der Waals surface area contributed by atoms with Crippen LogP contribution in [0.3, 0.4) is 0 Å². The molecule has 0 spiro atoms. The molecule has 1 unspecified atom stereocenters. The van der Waals surface area contributed by atoms with E-state index in [2.05, 4.69) is 18.8 Å². The van der Waals surface area contributed by atoms with Gasteiger partial charge >= 0.3 is 0 Å². The van der Waals surface area contributed by atoms with E-state index in [4.69, 9.17) is 4.74 Å². The number of methoxy groups -OCH3 is 1. The average Bonchev–Trinajstić information content (AvgIpc) is 2.51. The van der Waals surface area contributed by atoms with Gasteiger partial charge in [0.25, 0.3) is 0 Å². The monoisotopic (exact) mass is 293 g/mol. The van der Waals surface area contributed by atoms with Crippen molar-refractivity contribution in [2.75, 3.05) is 13.7 Å². The van der Waals surface area contributed by atoms with E-state index >= 15 is 0 Å². The Kier molecular flexibility index (Phi) is 8.76. The van der Waals surface area contributed by atoms with Gasteiger partial charge in [0.2, 0.25) is 0 Å². The van der Waals surface area contributed by atoms with Gasteiger partial charge in [-0.25, -0.2) is 4.39 Å². The van der Waals surface area contributed by atoms with Crippen molar-refractivity contribution >= 4 is 0 Å². The SMILES string of the molecule is C=CCCCCCC(NCCC)c1ccc(F)c(OC)c1. The Morgan fingerprint density at radius 2 is 2.14 bits per heavy atom. The van der Waals surface area contributed by atoms with E-state index in [9.17, 15) is 4.39 Å². The molecule has 0 bridgehead atoms. The van der Waals surface area contributed by atoms with Crippen LogP contribution in [-0.2, 0) is 0 Å². The number of hydrogen-bond donors (Lipinski definition) is 1. The molecule has 3 heteroatoms. The molecule has 0 radical (unpaired) electrons. The van der Waals surface area contributed by atoms with Crippen molar-refractivity contribution in [3.63, 3.8) is 0 Å². The van der Waals surface area contributed by atoms with Gasteiger partial charge in [0.05, 0.1) is 7.11 Å². The molecule has 0 heterocycles. The number of unbranched alkanes of at least 4 members (excludes halogenated alkanes) is 3. The van der Waals surface area contributed by atoms with Crippen LogP contribution in [0.15, 0.2) is 30.9 Å². The molecule has 2 nitrogen and oxygen atoms in total. The normalized spacial score (nSPS) is 12.1. The number of benzene rings is 1. The first-order chi connectivity index (χ1) is 10.2. The summed E-state index contributed by atoms with van der Waals surface area (Å²) in [6, 6.07) is 5.43. The minimum atomic E-state index is -0.304. The Bertz CT molecular complexity index is 420. The summed E-state index contributed by atoms with van der Waals surface area (Å²) in [5, 5.41) is 3.55. The van der Waals surface area contributed by atoms with Gasteiger partial charge in [-0.05, 0) is 49.9 Å². The summed E-state index contributed by atoms with van der Waals surface area (Å²) in [5.41, 5.74) is 1.10. The van der Waals surface area contributed by atoms with E-state index < -0.39 is 0 Å². The van der Waals surface area contributed by atoms with Crippen LogP contribution in [0.2, 0.25) is 0 Å². The van der Waals surface area contributed by atoms with Crippen molar-refractivity contribution in [2.24, 2.45) is 0 Å². The van der Waals surface area contributed by atoms with Crippen LogP contribution in [-0.4, -0.2) is 13.7 Å². The van der Waals surface area contributed by atoms with E-state index in [-0.39, 0.29) is 11.9 Å². The molecule has 1 rings (SSSR count). The number of halogens is 1. The predicted molar refractivity (Wildman–Crippen MR) is 87.3 cm³/mol. The second-order valence-corrected chi connectivity index (χ2v) is 5.33. The van der Waals surface area contributed by atoms with E-state index in [0.717, 1.165) is 37.8 Å². The summed E-state index contributed by atoms with van der Waals surface area (Å²) in [5.74, 6) is 0.0175. The summed E-state index contributed by atoms with van der Waals surface area (Å²) in [4.78, 5) is 0. The van der Waals surface area contributed by atoms with E-state index in [1.807, 2.05) is 18.2 Å². The molecule has 0 amide bonds. The first kappa shape index (κ1) is 17.7. The Labute approximate surface area is 128 Å². The van der Waals surface area contributed by atoms with Gasteiger partial charge < -0.3 is 10.1 Å². The first-order valence-electron chi connectivity index (χ1n) is 7.90. The van der Waals surface area contributed by atoms with Crippen LogP contribution in [0.1, 0.15) is 57.1 Å². The molecule has 0 aliphatic carbocycles. The number of rotatable bonds is 11. The maximum atomic E-state index is 13.5. The van der Waals surface area contributed by atoms with Gasteiger partial charge in [-0.1, -0.05) is 31.9 Å². The quantitative estimate of drug-likeness (QED) is 0.457. The standard InChI is InChI=1S/C18H28FNO/c1-4-6-7-8-9-10-17(20-13-5-2)15-11-12-16(19)18(14-15)21-3/h4,11-12,14,17,20H,1,5-10,13H2,2-3H3. The molecular formula is C18H28FNO. The van der Waals surface area contributed by atoms with E-state index in [1.165, 1.54) is 26.0 Å². The minimum Gasteiger partial charge on any atom is -0.494 e. The summed E-state index contributed by atoms with van der Waals surface area (Å²) < 4.78 is 18.6. The Morgan fingerprint density at radius 1 is 1.33 bits per heavy atom.